The van der Waals surface area contributed by atoms with Crippen molar-refractivity contribution in [1.82, 2.24) is 5.32 Å². The van der Waals surface area contributed by atoms with Gasteiger partial charge in [-0.15, -0.1) is 0 Å². The van der Waals surface area contributed by atoms with Crippen LogP contribution in [0.5, 0.6) is 0 Å². The molecule has 2 rings (SSSR count). The molecule has 0 heterocycles. The number of ether oxygens (including phenoxy) is 1. The molecule has 0 bridgehead atoms. The first kappa shape index (κ1) is 17.2. The lowest BCUT2D eigenvalue weighted by molar-refractivity contribution is -0.146. The monoisotopic (exact) mass is 326 g/mol. The molecule has 1 atom stereocenters. The molecule has 0 unspecified atom stereocenters. The number of primary amides is 1. The number of amides is 2. The molecule has 3 N–H and O–H groups in total. The van der Waals surface area contributed by atoms with Crippen LogP contribution < -0.4 is 11.1 Å². The van der Waals surface area contributed by atoms with Crippen molar-refractivity contribution in [3.8, 4) is 0 Å². The Labute approximate surface area is 139 Å². The van der Waals surface area contributed by atoms with Crippen LogP contribution in [0.4, 0.5) is 0 Å². The highest BCUT2D eigenvalue weighted by Gasteiger charge is 2.23. The van der Waals surface area contributed by atoms with Crippen molar-refractivity contribution in [1.29, 1.82) is 0 Å². The number of benzene rings is 2. The van der Waals surface area contributed by atoms with Crippen LogP contribution in [0.25, 0.3) is 0 Å². The number of carbonyl (C=O) groups is 3. The molecule has 2 aromatic carbocycles. The molecule has 0 aromatic heterocycles. The zero-order valence-electron chi connectivity index (χ0n) is 13.0. The maximum Gasteiger partial charge on any atom is 0.308 e. The number of nitrogens with one attached hydrogen (secondary N) is 1. The van der Waals surface area contributed by atoms with Crippen LogP contribution in [0.2, 0.25) is 0 Å². The van der Waals surface area contributed by atoms with Gasteiger partial charge in [0, 0.05) is 5.56 Å². The summed E-state index contributed by atoms with van der Waals surface area (Å²) in [6, 6.07) is 16.4. The van der Waals surface area contributed by atoms with Crippen LogP contribution in [0.15, 0.2) is 60.7 Å². The quantitative estimate of drug-likeness (QED) is 0.751. The van der Waals surface area contributed by atoms with Crippen LogP contribution in [0.1, 0.15) is 22.3 Å². The van der Waals surface area contributed by atoms with E-state index in [9.17, 15) is 14.4 Å². The first-order valence-electron chi connectivity index (χ1n) is 7.41. The Morgan fingerprint density at radius 2 is 1.54 bits per heavy atom. The Morgan fingerprint density at radius 1 is 0.958 bits per heavy atom. The second-order valence-electron chi connectivity index (χ2n) is 5.14. The second-order valence-corrected chi connectivity index (χ2v) is 5.14. The maximum absolute atomic E-state index is 12.0. The molecule has 0 aliphatic carbocycles. The SMILES string of the molecule is NC(=O)[C@@H](CC(=O)OCc1ccccc1)NC(=O)c1ccccc1. The normalized spacial score (nSPS) is 11.3. The lowest BCUT2D eigenvalue weighted by Crippen LogP contribution is -2.45. The standard InChI is InChI=1S/C18H18N2O4/c19-17(22)15(20-18(23)14-9-5-2-6-10-14)11-16(21)24-12-13-7-3-1-4-8-13/h1-10,15H,11-12H2,(H2,19,22)(H,20,23)/t15-/m1/s1. The minimum atomic E-state index is -1.12. The van der Waals surface area contributed by atoms with E-state index in [4.69, 9.17) is 10.5 Å². The number of rotatable bonds is 7. The van der Waals surface area contributed by atoms with Crippen molar-refractivity contribution in [2.75, 3.05) is 0 Å². The molecule has 0 saturated heterocycles. The van der Waals surface area contributed by atoms with E-state index in [2.05, 4.69) is 5.32 Å². The molecular formula is C18H18N2O4. The smallest absolute Gasteiger partial charge is 0.308 e. The first-order valence-corrected chi connectivity index (χ1v) is 7.41. The molecule has 0 saturated carbocycles. The highest BCUT2D eigenvalue weighted by Crippen LogP contribution is 2.04. The summed E-state index contributed by atoms with van der Waals surface area (Å²) >= 11 is 0. The summed E-state index contributed by atoms with van der Waals surface area (Å²) in [5.74, 6) is -1.89. The molecule has 0 radical (unpaired) electrons. The average molecular weight is 326 g/mol. The van der Waals surface area contributed by atoms with Crippen LogP contribution in [0, 0.1) is 0 Å². The third-order valence-corrected chi connectivity index (χ3v) is 3.30. The van der Waals surface area contributed by atoms with Crippen molar-refractivity contribution in [3.05, 3.63) is 71.8 Å². The zero-order valence-corrected chi connectivity index (χ0v) is 13.0. The molecule has 0 aliphatic heterocycles. The summed E-state index contributed by atoms with van der Waals surface area (Å²) in [5, 5.41) is 2.45. The second kappa shape index (κ2) is 8.47. The third kappa shape index (κ3) is 5.24. The van der Waals surface area contributed by atoms with E-state index in [1.807, 2.05) is 30.3 Å². The molecule has 0 aliphatic rings. The van der Waals surface area contributed by atoms with E-state index in [1.54, 1.807) is 30.3 Å². The number of nitrogens with two attached hydrogens (primary N) is 1. The van der Waals surface area contributed by atoms with Gasteiger partial charge >= 0.3 is 5.97 Å². The van der Waals surface area contributed by atoms with Gasteiger partial charge in [-0.1, -0.05) is 48.5 Å². The van der Waals surface area contributed by atoms with Crippen LogP contribution in [-0.2, 0) is 20.9 Å². The number of esters is 1. The van der Waals surface area contributed by atoms with Gasteiger partial charge in [-0.2, -0.15) is 0 Å². The summed E-state index contributed by atoms with van der Waals surface area (Å²) in [6.45, 7) is 0.0950. The Kier molecular flexibility index (Phi) is 6.08. The fraction of sp³-hybridized carbons (Fsp3) is 0.167. The summed E-state index contributed by atoms with van der Waals surface area (Å²) in [4.78, 5) is 35.4. The molecule has 0 spiro atoms. The first-order chi connectivity index (χ1) is 11.6. The molecule has 6 heteroatoms. The fourth-order valence-electron chi connectivity index (χ4n) is 2.02. The Bertz CT molecular complexity index is 701. The summed E-state index contributed by atoms with van der Waals surface area (Å²) < 4.78 is 5.10. The van der Waals surface area contributed by atoms with Crippen LogP contribution in [-0.4, -0.2) is 23.8 Å². The van der Waals surface area contributed by atoms with E-state index >= 15 is 0 Å². The highest BCUT2D eigenvalue weighted by molar-refractivity contribution is 5.98. The van der Waals surface area contributed by atoms with Crippen LogP contribution >= 0.6 is 0 Å². The predicted molar refractivity (Wildman–Crippen MR) is 87.7 cm³/mol. The van der Waals surface area contributed by atoms with Gasteiger partial charge < -0.3 is 15.8 Å². The fourth-order valence-corrected chi connectivity index (χ4v) is 2.02. The van der Waals surface area contributed by atoms with Crippen molar-refractivity contribution < 1.29 is 19.1 Å². The number of hydrogen-bond acceptors (Lipinski definition) is 4. The van der Waals surface area contributed by atoms with Gasteiger partial charge in [0.05, 0.1) is 6.42 Å². The van der Waals surface area contributed by atoms with Gasteiger partial charge in [-0.25, -0.2) is 0 Å². The van der Waals surface area contributed by atoms with E-state index in [-0.39, 0.29) is 13.0 Å². The van der Waals surface area contributed by atoms with Crippen LogP contribution in [0.3, 0.4) is 0 Å². The van der Waals surface area contributed by atoms with Gasteiger partial charge in [-0.05, 0) is 17.7 Å². The van der Waals surface area contributed by atoms with Gasteiger partial charge in [0.1, 0.15) is 12.6 Å². The summed E-state index contributed by atoms with van der Waals surface area (Å²) in [7, 11) is 0. The molecule has 24 heavy (non-hydrogen) atoms. The lowest BCUT2D eigenvalue weighted by Gasteiger charge is -2.15. The third-order valence-electron chi connectivity index (χ3n) is 3.30. The average Bonchev–Trinajstić information content (AvgIpc) is 2.61. The van der Waals surface area contributed by atoms with E-state index in [0.29, 0.717) is 5.56 Å². The van der Waals surface area contributed by atoms with Gasteiger partial charge in [-0.3, -0.25) is 14.4 Å². The Morgan fingerprint density at radius 3 is 2.12 bits per heavy atom. The van der Waals surface area contributed by atoms with Gasteiger partial charge in [0.25, 0.3) is 5.91 Å². The largest absolute Gasteiger partial charge is 0.461 e. The summed E-state index contributed by atoms with van der Waals surface area (Å²) in [5.41, 5.74) is 6.46. The molecule has 6 nitrogen and oxygen atoms in total. The molecular weight excluding hydrogens is 308 g/mol. The molecule has 124 valence electrons. The minimum Gasteiger partial charge on any atom is -0.461 e. The van der Waals surface area contributed by atoms with E-state index in [0.717, 1.165) is 5.56 Å². The summed E-state index contributed by atoms with van der Waals surface area (Å²) in [6.07, 6.45) is -0.319. The van der Waals surface area contributed by atoms with Crippen molar-refractivity contribution in [3.63, 3.8) is 0 Å². The topological polar surface area (TPSA) is 98.5 Å². The molecule has 2 aromatic rings. The highest BCUT2D eigenvalue weighted by atomic mass is 16.5. The number of carbonyl (C=O) groups excluding carboxylic acids is 3. The van der Waals surface area contributed by atoms with Crippen molar-refractivity contribution in [2.24, 2.45) is 5.73 Å². The van der Waals surface area contributed by atoms with Crippen molar-refractivity contribution in [2.45, 2.75) is 19.1 Å². The lowest BCUT2D eigenvalue weighted by atomic mass is 10.1. The van der Waals surface area contributed by atoms with Crippen molar-refractivity contribution >= 4 is 17.8 Å². The van der Waals surface area contributed by atoms with E-state index < -0.39 is 23.8 Å². The number of hydrogen-bond donors (Lipinski definition) is 2. The molecule has 0 fully saturated rings. The van der Waals surface area contributed by atoms with Gasteiger partial charge in [0.2, 0.25) is 5.91 Å². The van der Waals surface area contributed by atoms with Gasteiger partial charge in [0.15, 0.2) is 0 Å². The Balaban J connectivity index is 1.89. The predicted octanol–water partition coefficient (Wildman–Crippen LogP) is 1.40. The maximum atomic E-state index is 12.0. The molecule has 2 amide bonds. The Hall–Kier alpha value is -3.15. The van der Waals surface area contributed by atoms with E-state index in [1.165, 1.54) is 0 Å². The minimum absolute atomic E-state index is 0.0950. The zero-order chi connectivity index (χ0) is 17.4.